The van der Waals surface area contributed by atoms with Crippen LogP contribution in [0.4, 0.5) is 10.8 Å². The van der Waals surface area contributed by atoms with Gasteiger partial charge < -0.3 is 19.4 Å². The fourth-order valence-corrected chi connectivity index (χ4v) is 2.90. The summed E-state index contributed by atoms with van der Waals surface area (Å²) in [5, 5.41) is 3.25. The molecule has 1 aromatic heterocycles. The largest absolute Gasteiger partial charge is 0.444 e. The number of oxazole rings is 1. The van der Waals surface area contributed by atoms with Crippen LogP contribution in [0.25, 0.3) is 11.1 Å². The number of nitrogens with one attached hydrogen (secondary N) is 1. The molecule has 130 valence electrons. The van der Waals surface area contributed by atoms with Crippen molar-refractivity contribution in [1.82, 2.24) is 9.88 Å². The Hall–Kier alpha value is -2.24. The second-order valence-electron chi connectivity index (χ2n) is 7.30. The smallest absolute Gasteiger partial charge is 0.410 e. The summed E-state index contributed by atoms with van der Waals surface area (Å²) in [6, 6.07) is 8.23. The summed E-state index contributed by atoms with van der Waals surface area (Å²) < 4.78 is 11.1. The van der Waals surface area contributed by atoms with Crippen molar-refractivity contribution in [3.8, 4) is 0 Å². The minimum atomic E-state index is -0.458. The Morgan fingerprint density at radius 1 is 1.42 bits per heavy atom. The number of benzene rings is 1. The molecular formula is C18H25N3O3. The maximum Gasteiger partial charge on any atom is 0.410 e. The van der Waals surface area contributed by atoms with Crippen molar-refractivity contribution in [3.63, 3.8) is 0 Å². The van der Waals surface area contributed by atoms with E-state index >= 15 is 0 Å². The molecule has 0 saturated carbocycles. The molecule has 1 atom stereocenters. The van der Waals surface area contributed by atoms with Crippen molar-refractivity contribution in [3.05, 3.63) is 24.3 Å². The molecule has 6 heteroatoms. The van der Waals surface area contributed by atoms with Crippen molar-refractivity contribution < 1.29 is 13.9 Å². The monoisotopic (exact) mass is 331 g/mol. The Balaban J connectivity index is 1.54. The molecule has 2 heterocycles. The lowest BCUT2D eigenvalue weighted by Gasteiger charge is -2.34. The second-order valence-corrected chi connectivity index (χ2v) is 7.30. The lowest BCUT2D eigenvalue weighted by atomic mass is 9.98. The third-order valence-electron chi connectivity index (χ3n) is 4.01. The van der Waals surface area contributed by atoms with Crippen LogP contribution in [0.15, 0.2) is 28.7 Å². The SMILES string of the molecule is CC(C)(C)OC(=O)N1CCC[C@@H](CNc2nc3ccccc3o2)C1. The topological polar surface area (TPSA) is 67.6 Å². The number of anilines is 1. The highest BCUT2D eigenvalue weighted by Crippen LogP contribution is 2.22. The van der Waals surface area contributed by atoms with Gasteiger partial charge >= 0.3 is 6.09 Å². The zero-order valence-electron chi connectivity index (χ0n) is 14.5. The van der Waals surface area contributed by atoms with Crippen LogP contribution in [0, 0.1) is 5.92 Å². The van der Waals surface area contributed by atoms with Gasteiger partial charge in [-0.2, -0.15) is 4.98 Å². The van der Waals surface area contributed by atoms with Crippen molar-refractivity contribution in [1.29, 1.82) is 0 Å². The molecule has 0 radical (unpaired) electrons. The molecule has 2 aromatic rings. The normalized spacial score (nSPS) is 18.6. The van der Waals surface area contributed by atoms with Gasteiger partial charge in [-0.3, -0.25) is 0 Å². The van der Waals surface area contributed by atoms with Crippen LogP contribution in [-0.4, -0.2) is 41.2 Å². The molecule has 1 aromatic carbocycles. The summed E-state index contributed by atoms with van der Waals surface area (Å²) in [6.07, 6.45) is 1.83. The number of piperidine rings is 1. The number of para-hydroxylation sites is 2. The van der Waals surface area contributed by atoms with E-state index in [1.165, 1.54) is 0 Å². The number of nitrogens with zero attached hydrogens (tertiary/aromatic N) is 2. The molecule has 0 aliphatic carbocycles. The van der Waals surface area contributed by atoms with Crippen LogP contribution in [0.3, 0.4) is 0 Å². The predicted octanol–water partition coefficient (Wildman–Crippen LogP) is 3.89. The molecule has 6 nitrogen and oxygen atoms in total. The fourth-order valence-electron chi connectivity index (χ4n) is 2.90. The van der Waals surface area contributed by atoms with E-state index in [9.17, 15) is 4.79 Å². The molecule has 0 spiro atoms. The summed E-state index contributed by atoms with van der Waals surface area (Å²) in [5.41, 5.74) is 1.17. The zero-order chi connectivity index (χ0) is 17.2. The Bertz CT molecular complexity index is 672. The molecule has 1 aliphatic rings. The van der Waals surface area contributed by atoms with E-state index in [0.717, 1.165) is 37.0 Å². The summed E-state index contributed by atoms with van der Waals surface area (Å²) >= 11 is 0. The van der Waals surface area contributed by atoms with Gasteiger partial charge in [-0.15, -0.1) is 0 Å². The molecule has 0 unspecified atom stereocenters. The number of likely N-dealkylation sites (tertiary alicyclic amines) is 1. The first-order chi connectivity index (χ1) is 11.4. The first-order valence-corrected chi connectivity index (χ1v) is 8.48. The van der Waals surface area contributed by atoms with Crippen LogP contribution < -0.4 is 5.32 Å². The minimum absolute atomic E-state index is 0.228. The number of hydrogen-bond acceptors (Lipinski definition) is 5. The minimum Gasteiger partial charge on any atom is -0.444 e. The van der Waals surface area contributed by atoms with E-state index in [0.29, 0.717) is 18.5 Å². The standard InChI is InChI=1S/C18H25N3O3/c1-18(2,3)24-17(22)21-10-6-7-13(12-21)11-19-16-20-14-8-4-5-9-15(14)23-16/h4-5,8-9,13H,6-7,10-12H2,1-3H3,(H,19,20)/t13-/m0/s1. The summed E-state index contributed by atoms with van der Waals surface area (Å²) in [7, 11) is 0. The van der Waals surface area contributed by atoms with Gasteiger partial charge in [-0.05, 0) is 51.7 Å². The van der Waals surface area contributed by atoms with E-state index in [2.05, 4.69) is 10.3 Å². The van der Waals surface area contributed by atoms with Gasteiger partial charge in [0.25, 0.3) is 6.01 Å². The molecule has 1 saturated heterocycles. The molecule has 1 N–H and O–H groups in total. The summed E-state index contributed by atoms with van der Waals surface area (Å²) in [5.74, 6) is 0.362. The fraction of sp³-hybridized carbons (Fsp3) is 0.556. The Kier molecular flexibility index (Phi) is 4.64. The highest BCUT2D eigenvalue weighted by molar-refractivity contribution is 5.74. The number of rotatable bonds is 3. The van der Waals surface area contributed by atoms with E-state index in [1.807, 2.05) is 45.0 Å². The Morgan fingerprint density at radius 3 is 2.96 bits per heavy atom. The van der Waals surface area contributed by atoms with E-state index < -0.39 is 5.60 Å². The lowest BCUT2D eigenvalue weighted by Crippen LogP contribution is -2.44. The molecule has 24 heavy (non-hydrogen) atoms. The molecule has 0 bridgehead atoms. The number of amides is 1. The average Bonchev–Trinajstić information content (AvgIpc) is 2.94. The third-order valence-corrected chi connectivity index (χ3v) is 4.01. The number of carbonyl (C=O) groups is 1. The maximum atomic E-state index is 12.2. The van der Waals surface area contributed by atoms with Crippen LogP contribution in [0.2, 0.25) is 0 Å². The maximum absolute atomic E-state index is 12.2. The van der Waals surface area contributed by atoms with Gasteiger partial charge in [0.15, 0.2) is 5.58 Å². The predicted molar refractivity (Wildman–Crippen MR) is 93.0 cm³/mol. The van der Waals surface area contributed by atoms with Crippen LogP contribution in [0.1, 0.15) is 33.6 Å². The van der Waals surface area contributed by atoms with Crippen molar-refractivity contribution in [2.24, 2.45) is 5.92 Å². The van der Waals surface area contributed by atoms with Crippen molar-refractivity contribution >= 4 is 23.2 Å². The number of aromatic nitrogens is 1. The highest BCUT2D eigenvalue weighted by Gasteiger charge is 2.27. The molecule has 1 fully saturated rings. The molecule has 1 amide bonds. The van der Waals surface area contributed by atoms with Gasteiger partial charge in [-0.1, -0.05) is 12.1 Å². The summed E-state index contributed by atoms with van der Waals surface area (Å²) in [4.78, 5) is 18.4. The van der Waals surface area contributed by atoms with E-state index in [1.54, 1.807) is 4.90 Å². The van der Waals surface area contributed by atoms with Crippen molar-refractivity contribution in [2.45, 2.75) is 39.2 Å². The number of ether oxygens (including phenoxy) is 1. The average molecular weight is 331 g/mol. The first kappa shape index (κ1) is 16.6. The molecule has 3 rings (SSSR count). The van der Waals surface area contributed by atoms with E-state index in [4.69, 9.17) is 9.15 Å². The van der Waals surface area contributed by atoms with Gasteiger partial charge in [0.1, 0.15) is 11.1 Å². The van der Waals surface area contributed by atoms with Gasteiger partial charge in [0, 0.05) is 19.6 Å². The van der Waals surface area contributed by atoms with Crippen molar-refractivity contribution in [2.75, 3.05) is 25.0 Å². The zero-order valence-corrected chi connectivity index (χ0v) is 14.5. The first-order valence-electron chi connectivity index (χ1n) is 8.48. The van der Waals surface area contributed by atoms with Crippen LogP contribution >= 0.6 is 0 Å². The number of fused-ring (bicyclic) bond motifs is 1. The van der Waals surface area contributed by atoms with Crippen LogP contribution in [0.5, 0.6) is 0 Å². The van der Waals surface area contributed by atoms with Gasteiger partial charge in [0.2, 0.25) is 0 Å². The molecule has 1 aliphatic heterocycles. The second kappa shape index (κ2) is 6.71. The van der Waals surface area contributed by atoms with E-state index in [-0.39, 0.29) is 6.09 Å². The molecular weight excluding hydrogens is 306 g/mol. The number of hydrogen-bond donors (Lipinski definition) is 1. The van der Waals surface area contributed by atoms with Gasteiger partial charge in [-0.25, -0.2) is 4.79 Å². The quantitative estimate of drug-likeness (QED) is 0.924. The number of carbonyl (C=O) groups excluding carboxylic acids is 1. The van der Waals surface area contributed by atoms with Gasteiger partial charge in [0.05, 0.1) is 0 Å². The summed E-state index contributed by atoms with van der Waals surface area (Å²) in [6.45, 7) is 7.85. The third kappa shape index (κ3) is 4.19. The highest BCUT2D eigenvalue weighted by atomic mass is 16.6. The Morgan fingerprint density at radius 2 is 2.21 bits per heavy atom. The Labute approximate surface area is 142 Å². The lowest BCUT2D eigenvalue weighted by molar-refractivity contribution is 0.0172. The van der Waals surface area contributed by atoms with Crippen LogP contribution in [-0.2, 0) is 4.74 Å².